The molecule has 102 valence electrons. The number of ether oxygens (including phenoxy) is 1. The van der Waals surface area contributed by atoms with Crippen molar-refractivity contribution in [2.24, 2.45) is 0 Å². The lowest BCUT2D eigenvalue weighted by Crippen LogP contribution is -2.33. The average Bonchev–Trinajstić information content (AvgIpc) is 2.78. The third kappa shape index (κ3) is 3.23. The van der Waals surface area contributed by atoms with Gasteiger partial charge in [0.15, 0.2) is 0 Å². The van der Waals surface area contributed by atoms with Crippen molar-refractivity contribution < 1.29 is 19.4 Å². The Morgan fingerprint density at radius 1 is 1.47 bits per heavy atom. The molecule has 2 N–H and O–H groups in total. The van der Waals surface area contributed by atoms with Gasteiger partial charge in [-0.3, -0.25) is 9.69 Å². The van der Waals surface area contributed by atoms with Crippen molar-refractivity contribution >= 4 is 17.7 Å². The number of rotatable bonds is 4. The number of aliphatic hydroxyl groups excluding tert-OH is 1. The molecule has 1 saturated heterocycles. The van der Waals surface area contributed by atoms with E-state index < -0.39 is 6.09 Å². The van der Waals surface area contributed by atoms with Crippen LogP contribution < -0.4 is 10.2 Å². The molecule has 0 saturated carbocycles. The van der Waals surface area contributed by atoms with Gasteiger partial charge in [-0.05, 0) is 17.7 Å². The maximum atomic E-state index is 11.7. The van der Waals surface area contributed by atoms with Crippen molar-refractivity contribution in [1.29, 1.82) is 0 Å². The second kappa shape index (κ2) is 5.71. The third-order valence-electron chi connectivity index (χ3n) is 2.88. The quantitative estimate of drug-likeness (QED) is 0.836. The molecule has 2 amide bonds. The molecular weight excluding hydrogens is 248 g/mol. The average molecular weight is 264 g/mol. The second-order valence-corrected chi connectivity index (χ2v) is 4.38. The number of cyclic esters (lactones) is 1. The summed E-state index contributed by atoms with van der Waals surface area (Å²) in [6.07, 6.45) is -0.763. The SMILES string of the molecule is CC(=O)NC[C@@H]1CN(c2ccc(CO)cc2)C(=O)O1. The summed E-state index contributed by atoms with van der Waals surface area (Å²) in [7, 11) is 0. The summed E-state index contributed by atoms with van der Waals surface area (Å²) in [6, 6.07) is 7.02. The van der Waals surface area contributed by atoms with Gasteiger partial charge in [-0.25, -0.2) is 4.79 Å². The largest absolute Gasteiger partial charge is 0.442 e. The molecule has 6 heteroatoms. The molecule has 1 fully saturated rings. The molecule has 0 unspecified atom stereocenters. The van der Waals surface area contributed by atoms with E-state index >= 15 is 0 Å². The zero-order chi connectivity index (χ0) is 13.8. The van der Waals surface area contributed by atoms with Crippen LogP contribution in [0, 0.1) is 0 Å². The maximum absolute atomic E-state index is 11.7. The highest BCUT2D eigenvalue weighted by atomic mass is 16.6. The van der Waals surface area contributed by atoms with Crippen LogP contribution in [-0.4, -0.2) is 36.3 Å². The van der Waals surface area contributed by atoms with Crippen molar-refractivity contribution in [3.05, 3.63) is 29.8 Å². The van der Waals surface area contributed by atoms with Gasteiger partial charge in [0.25, 0.3) is 0 Å². The molecule has 2 rings (SSSR count). The Morgan fingerprint density at radius 2 is 2.16 bits per heavy atom. The molecule has 0 spiro atoms. The second-order valence-electron chi connectivity index (χ2n) is 4.38. The number of hydrogen-bond donors (Lipinski definition) is 2. The van der Waals surface area contributed by atoms with Gasteiger partial charge in [-0.2, -0.15) is 0 Å². The monoisotopic (exact) mass is 264 g/mol. The smallest absolute Gasteiger partial charge is 0.414 e. The van der Waals surface area contributed by atoms with E-state index in [9.17, 15) is 9.59 Å². The normalized spacial score (nSPS) is 18.3. The van der Waals surface area contributed by atoms with Gasteiger partial charge in [-0.15, -0.1) is 0 Å². The Balaban J connectivity index is 2.00. The Kier molecular flexibility index (Phi) is 4.01. The molecule has 1 aliphatic heterocycles. The topological polar surface area (TPSA) is 78.9 Å². The molecule has 19 heavy (non-hydrogen) atoms. The van der Waals surface area contributed by atoms with Crippen LogP contribution in [0.4, 0.5) is 10.5 Å². The van der Waals surface area contributed by atoms with Crippen molar-refractivity contribution in [3.8, 4) is 0 Å². The van der Waals surface area contributed by atoms with E-state index in [1.165, 1.54) is 11.8 Å². The number of anilines is 1. The summed E-state index contributed by atoms with van der Waals surface area (Å²) in [5, 5.41) is 11.6. The van der Waals surface area contributed by atoms with E-state index in [4.69, 9.17) is 9.84 Å². The summed E-state index contributed by atoms with van der Waals surface area (Å²) >= 11 is 0. The van der Waals surface area contributed by atoms with E-state index in [0.29, 0.717) is 18.8 Å². The van der Waals surface area contributed by atoms with Crippen LogP contribution in [0.5, 0.6) is 0 Å². The summed E-state index contributed by atoms with van der Waals surface area (Å²) in [5.74, 6) is -0.151. The van der Waals surface area contributed by atoms with E-state index in [2.05, 4.69) is 5.32 Å². The van der Waals surface area contributed by atoms with Gasteiger partial charge in [-0.1, -0.05) is 12.1 Å². The van der Waals surface area contributed by atoms with Crippen molar-refractivity contribution in [1.82, 2.24) is 5.32 Å². The number of carbonyl (C=O) groups excluding carboxylic acids is 2. The van der Waals surface area contributed by atoms with Crippen LogP contribution in [0.15, 0.2) is 24.3 Å². The van der Waals surface area contributed by atoms with E-state index in [1.54, 1.807) is 24.3 Å². The number of benzene rings is 1. The Bertz CT molecular complexity index is 472. The highest BCUT2D eigenvalue weighted by Gasteiger charge is 2.32. The number of nitrogens with one attached hydrogen (secondary N) is 1. The first-order valence-electron chi connectivity index (χ1n) is 6.02. The number of amides is 2. The first-order valence-corrected chi connectivity index (χ1v) is 6.02. The standard InChI is InChI=1S/C13H16N2O4/c1-9(17)14-6-12-7-15(13(18)19-12)11-4-2-10(8-16)3-5-11/h2-5,12,16H,6-8H2,1H3,(H,14,17)/t12-/m1/s1. The number of nitrogens with zero attached hydrogens (tertiary/aromatic N) is 1. The molecular formula is C13H16N2O4. The molecule has 1 aromatic carbocycles. The minimum absolute atomic E-state index is 0.0319. The van der Waals surface area contributed by atoms with Crippen molar-refractivity contribution in [2.75, 3.05) is 18.0 Å². The van der Waals surface area contributed by atoms with Gasteiger partial charge in [0.1, 0.15) is 6.10 Å². The van der Waals surface area contributed by atoms with Crippen LogP contribution in [0.3, 0.4) is 0 Å². The first kappa shape index (κ1) is 13.4. The van der Waals surface area contributed by atoms with Gasteiger partial charge < -0.3 is 15.2 Å². The van der Waals surface area contributed by atoms with Gasteiger partial charge in [0, 0.05) is 12.6 Å². The number of aliphatic hydroxyl groups is 1. The molecule has 0 radical (unpaired) electrons. The minimum atomic E-state index is -0.424. The summed E-state index contributed by atoms with van der Waals surface area (Å²) < 4.78 is 5.16. The number of hydrogen-bond acceptors (Lipinski definition) is 4. The molecule has 1 aliphatic rings. The molecule has 0 aromatic heterocycles. The Hall–Kier alpha value is -2.08. The Labute approximate surface area is 111 Å². The predicted octanol–water partition coefficient (Wildman–Crippen LogP) is 0.640. The summed E-state index contributed by atoms with van der Waals surface area (Å²) in [6.45, 7) is 2.10. The third-order valence-corrected chi connectivity index (χ3v) is 2.88. The maximum Gasteiger partial charge on any atom is 0.414 e. The van der Waals surface area contributed by atoms with Crippen LogP contribution >= 0.6 is 0 Å². The summed E-state index contributed by atoms with van der Waals surface area (Å²) in [4.78, 5) is 24.0. The first-order chi connectivity index (χ1) is 9.10. The molecule has 0 aliphatic carbocycles. The lowest BCUT2D eigenvalue weighted by molar-refractivity contribution is -0.119. The fourth-order valence-electron chi connectivity index (χ4n) is 1.88. The van der Waals surface area contributed by atoms with Crippen LogP contribution in [-0.2, 0) is 16.1 Å². The van der Waals surface area contributed by atoms with Crippen molar-refractivity contribution in [3.63, 3.8) is 0 Å². The molecule has 1 atom stereocenters. The van der Waals surface area contributed by atoms with Crippen molar-refractivity contribution in [2.45, 2.75) is 19.6 Å². The molecule has 1 aromatic rings. The molecule has 6 nitrogen and oxygen atoms in total. The summed E-state index contributed by atoms with van der Waals surface area (Å²) in [5.41, 5.74) is 1.50. The zero-order valence-corrected chi connectivity index (χ0v) is 10.6. The van der Waals surface area contributed by atoms with E-state index in [-0.39, 0.29) is 18.6 Å². The highest BCUT2D eigenvalue weighted by Crippen LogP contribution is 2.21. The van der Waals surface area contributed by atoms with E-state index in [0.717, 1.165) is 5.56 Å². The lowest BCUT2D eigenvalue weighted by atomic mass is 10.2. The zero-order valence-electron chi connectivity index (χ0n) is 10.6. The molecule has 1 heterocycles. The van der Waals surface area contributed by atoms with Crippen LogP contribution in [0.1, 0.15) is 12.5 Å². The highest BCUT2D eigenvalue weighted by molar-refractivity contribution is 5.89. The fraction of sp³-hybridized carbons (Fsp3) is 0.385. The van der Waals surface area contributed by atoms with Gasteiger partial charge >= 0.3 is 6.09 Å². The van der Waals surface area contributed by atoms with Crippen LogP contribution in [0.25, 0.3) is 0 Å². The minimum Gasteiger partial charge on any atom is -0.442 e. The number of carbonyl (C=O) groups is 2. The van der Waals surface area contributed by atoms with Gasteiger partial charge in [0.2, 0.25) is 5.91 Å². The van der Waals surface area contributed by atoms with Gasteiger partial charge in [0.05, 0.1) is 19.7 Å². The van der Waals surface area contributed by atoms with E-state index in [1.807, 2.05) is 0 Å². The predicted molar refractivity (Wildman–Crippen MR) is 68.7 cm³/mol. The van der Waals surface area contributed by atoms with Crippen LogP contribution in [0.2, 0.25) is 0 Å². The fourth-order valence-corrected chi connectivity index (χ4v) is 1.88. The Morgan fingerprint density at radius 3 is 2.74 bits per heavy atom. The molecule has 0 bridgehead atoms. The lowest BCUT2D eigenvalue weighted by Gasteiger charge is -2.13.